The number of methoxy groups -OCH3 is 1. The third kappa shape index (κ3) is 3.85. The van der Waals surface area contributed by atoms with Crippen LogP contribution < -0.4 is 4.74 Å². The predicted octanol–water partition coefficient (Wildman–Crippen LogP) is 6.08. The van der Waals surface area contributed by atoms with Crippen LogP contribution in [0.2, 0.25) is 5.02 Å². The first-order valence-corrected chi connectivity index (χ1v) is 9.73. The molecule has 1 aliphatic heterocycles. The minimum absolute atomic E-state index is 0.709. The smallest absolute Gasteiger partial charge is 0.126 e. The third-order valence-corrected chi connectivity index (χ3v) is 5.17. The second kappa shape index (κ2) is 8.41. The number of rotatable bonds is 4. The molecule has 140 valence electrons. The van der Waals surface area contributed by atoms with Gasteiger partial charge in [-0.15, -0.1) is 0 Å². The molecule has 0 amide bonds. The fraction of sp³-hybridized carbons (Fsp3) is 0.167. The molecule has 2 heterocycles. The Bertz CT molecular complexity index is 1040. The van der Waals surface area contributed by atoms with Crippen LogP contribution >= 0.6 is 11.6 Å². The van der Waals surface area contributed by atoms with Crippen LogP contribution in [0.15, 0.2) is 77.6 Å². The first-order valence-electron chi connectivity index (χ1n) is 9.35. The first-order chi connectivity index (χ1) is 13.8. The van der Waals surface area contributed by atoms with E-state index < -0.39 is 0 Å². The van der Waals surface area contributed by atoms with Gasteiger partial charge in [-0.2, -0.15) is 0 Å². The molecule has 1 aliphatic rings. The first kappa shape index (κ1) is 18.5. The van der Waals surface area contributed by atoms with Crippen molar-refractivity contribution in [3.05, 3.63) is 88.7 Å². The summed E-state index contributed by atoms with van der Waals surface area (Å²) >= 11 is 6.44. The van der Waals surface area contributed by atoms with E-state index in [1.54, 1.807) is 13.3 Å². The SMILES string of the molecule is COc1ccc(/C=C2/CCCN=C2c2cccnc2)cc1-c1ccccc1Cl. The Morgan fingerprint density at radius 1 is 1.04 bits per heavy atom. The zero-order valence-corrected chi connectivity index (χ0v) is 16.5. The topological polar surface area (TPSA) is 34.5 Å². The van der Waals surface area contributed by atoms with E-state index in [0.29, 0.717) is 5.02 Å². The van der Waals surface area contributed by atoms with Gasteiger partial charge in [0.1, 0.15) is 5.75 Å². The molecule has 0 N–H and O–H groups in total. The van der Waals surface area contributed by atoms with Gasteiger partial charge in [-0.05, 0) is 60.4 Å². The molecule has 0 aliphatic carbocycles. The van der Waals surface area contributed by atoms with E-state index in [0.717, 1.165) is 53.1 Å². The molecule has 0 spiro atoms. The molecule has 0 saturated carbocycles. The highest BCUT2D eigenvalue weighted by atomic mass is 35.5. The summed E-state index contributed by atoms with van der Waals surface area (Å²) in [6.45, 7) is 0.856. The normalized spacial score (nSPS) is 15.4. The van der Waals surface area contributed by atoms with Crippen molar-refractivity contribution in [2.75, 3.05) is 13.7 Å². The molecule has 2 aromatic carbocycles. The van der Waals surface area contributed by atoms with Crippen LogP contribution in [0, 0.1) is 0 Å². The van der Waals surface area contributed by atoms with Crippen LogP contribution in [0.25, 0.3) is 17.2 Å². The minimum atomic E-state index is 0.709. The number of halogens is 1. The molecule has 4 rings (SSSR count). The molecule has 0 saturated heterocycles. The number of benzene rings is 2. The van der Waals surface area contributed by atoms with Gasteiger partial charge in [0, 0.05) is 40.7 Å². The van der Waals surface area contributed by atoms with Gasteiger partial charge in [0.05, 0.1) is 12.8 Å². The average molecular weight is 389 g/mol. The van der Waals surface area contributed by atoms with Gasteiger partial charge in [0.2, 0.25) is 0 Å². The number of pyridine rings is 1. The third-order valence-electron chi connectivity index (χ3n) is 4.84. The lowest BCUT2D eigenvalue weighted by molar-refractivity contribution is 0.416. The zero-order chi connectivity index (χ0) is 19.3. The van der Waals surface area contributed by atoms with Crippen molar-refractivity contribution in [3.8, 4) is 16.9 Å². The summed E-state index contributed by atoms with van der Waals surface area (Å²) in [7, 11) is 1.68. The summed E-state index contributed by atoms with van der Waals surface area (Å²) in [6.07, 6.45) is 7.94. The molecule has 1 aromatic heterocycles. The Labute approximate surface area is 170 Å². The number of hydrogen-bond donors (Lipinski definition) is 0. The van der Waals surface area contributed by atoms with Crippen LogP contribution in [0.5, 0.6) is 5.75 Å². The van der Waals surface area contributed by atoms with Crippen LogP contribution in [0.3, 0.4) is 0 Å². The predicted molar refractivity (Wildman–Crippen MR) is 116 cm³/mol. The van der Waals surface area contributed by atoms with Crippen molar-refractivity contribution in [1.82, 2.24) is 4.98 Å². The maximum absolute atomic E-state index is 6.44. The summed E-state index contributed by atoms with van der Waals surface area (Å²) in [4.78, 5) is 9.02. The summed E-state index contributed by atoms with van der Waals surface area (Å²) in [6, 6.07) is 18.0. The van der Waals surface area contributed by atoms with E-state index in [9.17, 15) is 0 Å². The molecule has 0 unspecified atom stereocenters. The van der Waals surface area contributed by atoms with E-state index >= 15 is 0 Å². The number of ether oxygens (including phenoxy) is 1. The van der Waals surface area contributed by atoms with Crippen LogP contribution in [-0.4, -0.2) is 24.4 Å². The fourth-order valence-electron chi connectivity index (χ4n) is 3.51. The van der Waals surface area contributed by atoms with Crippen LogP contribution in [-0.2, 0) is 0 Å². The summed E-state index contributed by atoms with van der Waals surface area (Å²) in [5.74, 6) is 0.806. The number of aliphatic imine (C=N–C) groups is 1. The number of hydrogen-bond acceptors (Lipinski definition) is 3. The van der Waals surface area contributed by atoms with Crippen molar-refractivity contribution in [2.24, 2.45) is 4.99 Å². The lowest BCUT2D eigenvalue weighted by Gasteiger charge is -2.17. The molecular formula is C24H21ClN2O. The number of allylic oxidation sites excluding steroid dienone is 1. The Morgan fingerprint density at radius 3 is 2.71 bits per heavy atom. The molecule has 0 radical (unpaired) electrons. The Morgan fingerprint density at radius 2 is 1.93 bits per heavy atom. The highest BCUT2D eigenvalue weighted by Gasteiger charge is 2.15. The molecule has 0 fully saturated rings. The highest BCUT2D eigenvalue weighted by molar-refractivity contribution is 6.33. The lowest BCUT2D eigenvalue weighted by atomic mass is 9.94. The summed E-state index contributed by atoms with van der Waals surface area (Å²) in [5, 5.41) is 0.709. The number of nitrogens with zero attached hydrogens (tertiary/aromatic N) is 2. The Kier molecular flexibility index (Phi) is 5.54. The minimum Gasteiger partial charge on any atom is -0.496 e. The quantitative estimate of drug-likeness (QED) is 0.543. The van der Waals surface area contributed by atoms with Gasteiger partial charge in [0.15, 0.2) is 0 Å². The van der Waals surface area contributed by atoms with Gasteiger partial charge in [-0.25, -0.2) is 0 Å². The molecular weight excluding hydrogens is 368 g/mol. The van der Waals surface area contributed by atoms with E-state index in [1.165, 1.54) is 5.57 Å². The highest BCUT2D eigenvalue weighted by Crippen LogP contribution is 2.36. The largest absolute Gasteiger partial charge is 0.496 e. The Hall–Kier alpha value is -2.91. The lowest BCUT2D eigenvalue weighted by Crippen LogP contribution is -2.11. The van der Waals surface area contributed by atoms with Crippen molar-refractivity contribution in [2.45, 2.75) is 12.8 Å². The Balaban J connectivity index is 1.77. The molecule has 3 aromatic rings. The monoisotopic (exact) mass is 388 g/mol. The van der Waals surface area contributed by atoms with Crippen molar-refractivity contribution in [3.63, 3.8) is 0 Å². The van der Waals surface area contributed by atoms with E-state index in [2.05, 4.69) is 29.3 Å². The summed E-state index contributed by atoms with van der Waals surface area (Å²) in [5.41, 5.74) is 6.38. The molecule has 0 bridgehead atoms. The molecule has 0 atom stereocenters. The van der Waals surface area contributed by atoms with E-state index in [-0.39, 0.29) is 0 Å². The van der Waals surface area contributed by atoms with Crippen molar-refractivity contribution < 1.29 is 4.74 Å². The van der Waals surface area contributed by atoms with E-state index in [4.69, 9.17) is 21.3 Å². The van der Waals surface area contributed by atoms with Gasteiger partial charge in [-0.1, -0.05) is 35.9 Å². The second-order valence-electron chi connectivity index (χ2n) is 6.68. The fourth-order valence-corrected chi connectivity index (χ4v) is 3.74. The molecule has 28 heavy (non-hydrogen) atoms. The summed E-state index contributed by atoms with van der Waals surface area (Å²) < 4.78 is 5.58. The van der Waals surface area contributed by atoms with Crippen LogP contribution in [0.1, 0.15) is 24.0 Å². The van der Waals surface area contributed by atoms with Gasteiger partial charge in [0.25, 0.3) is 0 Å². The van der Waals surface area contributed by atoms with Crippen molar-refractivity contribution in [1.29, 1.82) is 0 Å². The van der Waals surface area contributed by atoms with Crippen LogP contribution in [0.4, 0.5) is 0 Å². The second-order valence-corrected chi connectivity index (χ2v) is 7.09. The zero-order valence-electron chi connectivity index (χ0n) is 15.7. The standard InChI is InChI=1S/C24H21ClN2O/c1-28-23-11-10-17(15-21(23)20-8-2-3-9-22(20)25)14-18-6-5-13-27-24(18)19-7-4-12-26-16-19/h2-4,7-12,14-16H,5-6,13H2,1H3/b18-14-. The van der Waals surface area contributed by atoms with Gasteiger partial charge >= 0.3 is 0 Å². The molecule has 3 nitrogen and oxygen atoms in total. The average Bonchev–Trinajstić information content (AvgIpc) is 2.75. The van der Waals surface area contributed by atoms with Gasteiger partial charge in [-0.3, -0.25) is 9.98 Å². The number of aromatic nitrogens is 1. The van der Waals surface area contributed by atoms with Crippen molar-refractivity contribution >= 4 is 23.4 Å². The maximum atomic E-state index is 6.44. The van der Waals surface area contributed by atoms with Gasteiger partial charge < -0.3 is 4.74 Å². The van der Waals surface area contributed by atoms with E-state index in [1.807, 2.05) is 42.6 Å². The molecule has 4 heteroatoms. The maximum Gasteiger partial charge on any atom is 0.126 e.